The van der Waals surface area contributed by atoms with Crippen molar-refractivity contribution < 1.29 is 19.1 Å². The lowest BCUT2D eigenvalue weighted by Crippen LogP contribution is -2.58. The fourth-order valence-corrected chi connectivity index (χ4v) is 4.75. The average molecular weight is 385 g/mol. The Morgan fingerprint density at radius 2 is 2.00 bits per heavy atom. The molecule has 2 aromatic rings. The number of aryl methyl sites for hydroxylation is 1. The minimum absolute atomic E-state index is 0.0366. The van der Waals surface area contributed by atoms with Gasteiger partial charge in [-0.05, 0) is 63.1 Å². The van der Waals surface area contributed by atoms with Gasteiger partial charge < -0.3 is 19.2 Å². The molecule has 0 radical (unpaired) electrons. The number of aliphatic hydroxyl groups excluding tert-OH is 1. The van der Waals surface area contributed by atoms with Crippen molar-refractivity contribution in [2.24, 2.45) is 0 Å². The van der Waals surface area contributed by atoms with Crippen LogP contribution in [0.2, 0.25) is 0 Å². The van der Waals surface area contributed by atoms with Crippen LogP contribution in [0.15, 0.2) is 33.5 Å². The summed E-state index contributed by atoms with van der Waals surface area (Å²) in [7, 11) is 0. The van der Waals surface area contributed by atoms with Gasteiger partial charge in [-0.15, -0.1) is 0 Å². The van der Waals surface area contributed by atoms with E-state index in [0.717, 1.165) is 36.6 Å². The Morgan fingerprint density at radius 3 is 2.68 bits per heavy atom. The van der Waals surface area contributed by atoms with E-state index in [1.54, 1.807) is 13.0 Å². The highest BCUT2D eigenvalue weighted by Gasteiger charge is 2.41. The summed E-state index contributed by atoms with van der Waals surface area (Å²) in [6.45, 7) is 3.75. The van der Waals surface area contributed by atoms with E-state index in [-0.39, 0.29) is 29.7 Å². The molecule has 2 aliphatic rings. The molecule has 2 fully saturated rings. The van der Waals surface area contributed by atoms with Gasteiger partial charge in [0, 0.05) is 29.6 Å². The van der Waals surface area contributed by atoms with E-state index in [9.17, 15) is 14.7 Å². The first-order valence-corrected chi connectivity index (χ1v) is 10.2. The standard InChI is InChI=1S/C22H27NO5/c1-3-14-9-21(25)28-20-12-18(7-8-19(14)20)27-13(2)22(26)23-15-5-4-6-16(23)11-17(24)10-15/h7-9,12-13,15-17,24H,3-6,10-11H2,1-2H3/t13?,15-,16+,17?. The molecule has 0 aliphatic carbocycles. The zero-order valence-electron chi connectivity index (χ0n) is 16.4. The van der Waals surface area contributed by atoms with Crippen molar-refractivity contribution in [2.75, 3.05) is 0 Å². The Labute approximate surface area is 164 Å². The van der Waals surface area contributed by atoms with Gasteiger partial charge in [-0.25, -0.2) is 4.79 Å². The molecule has 0 saturated carbocycles. The molecule has 150 valence electrons. The molecule has 1 aromatic heterocycles. The fraction of sp³-hybridized carbons (Fsp3) is 0.545. The number of carbonyl (C=O) groups excluding carboxylic acids is 1. The van der Waals surface area contributed by atoms with Gasteiger partial charge in [-0.1, -0.05) is 6.92 Å². The third-order valence-electron chi connectivity index (χ3n) is 6.05. The Kier molecular flexibility index (Phi) is 5.15. The van der Waals surface area contributed by atoms with Crippen molar-refractivity contribution in [2.45, 2.75) is 76.7 Å². The maximum Gasteiger partial charge on any atom is 0.336 e. The minimum Gasteiger partial charge on any atom is -0.481 e. The monoisotopic (exact) mass is 385 g/mol. The van der Waals surface area contributed by atoms with Crippen LogP contribution >= 0.6 is 0 Å². The number of piperidine rings is 2. The van der Waals surface area contributed by atoms with E-state index < -0.39 is 6.10 Å². The Hall–Kier alpha value is -2.34. The maximum absolute atomic E-state index is 13.1. The summed E-state index contributed by atoms with van der Waals surface area (Å²) >= 11 is 0. The lowest BCUT2D eigenvalue weighted by atomic mass is 9.82. The first-order valence-electron chi connectivity index (χ1n) is 10.2. The van der Waals surface area contributed by atoms with Gasteiger partial charge in [0.1, 0.15) is 11.3 Å². The topological polar surface area (TPSA) is 80.0 Å². The van der Waals surface area contributed by atoms with Crippen LogP contribution in [-0.4, -0.2) is 40.2 Å². The number of nitrogens with zero attached hydrogens (tertiary/aromatic N) is 1. The smallest absolute Gasteiger partial charge is 0.336 e. The van der Waals surface area contributed by atoms with Crippen LogP contribution in [0, 0.1) is 0 Å². The number of fused-ring (bicyclic) bond motifs is 3. The largest absolute Gasteiger partial charge is 0.481 e. The third-order valence-corrected chi connectivity index (χ3v) is 6.05. The van der Waals surface area contributed by atoms with Crippen LogP contribution in [0.5, 0.6) is 5.75 Å². The van der Waals surface area contributed by atoms with Crippen LogP contribution in [0.3, 0.4) is 0 Å². The second-order valence-corrected chi connectivity index (χ2v) is 7.97. The zero-order valence-corrected chi connectivity index (χ0v) is 16.4. The summed E-state index contributed by atoms with van der Waals surface area (Å²) in [6.07, 6.45) is 4.06. The van der Waals surface area contributed by atoms with Gasteiger partial charge in [-0.3, -0.25) is 4.79 Å². The Bertz CT molecular complexity index is 922. The van der Waals surface area contributed by atoms with Gasteiger partial charge >= 0.3 is 5.63 Å². The zero-order chi connectivity index (χ0) is 19.8. The van der Waals surface area contributed by atoms with E-state index in [2.05, 4.69) is 0 Å². The molecule has 4 rings (SSSR count). The number of amides is 1. The van der Waals surface area contributed by atoms with Crippen molar-refractivity contribution in [3.8, 4) is 5.75 Å². The van der Waals surface area contributed by atoms with Crippen LogP contribution in [-0.2, 0) is 11.2 Å². The summed E-state index contributed by atoms with van der Waals surface area (Å²) in [5.74, 6) is 0.470. The highest BCUT2D eigenvalue weighted by atomic mass is 16.5. The summed E-state index contributed by atoms with van der Waals surface area (Å²) in [6, 6.07) is 7.08. The van der Waals surface area contributed by atoms with Crippen LogP contribution in [0.25, 0.3) is 11.0 Å². The number of hydrogen-bond donors (Lipinski definition) is 1. The molecule has 2 unspecified atom stereocenters. The Morgan fingerprint density at radius 1 is 1.29 bits per heavy atom. The van der Waals surface area contributed by atoms with Crippen molar-refractivity contribution in [3.05, 3.63) is 40.2 Å². The minimum atomic E-state index is -0.642. The summed E-state index contributed by atoms with van der Waals surface area (Å²) in [5, 5.41) is 10.9. The van der Waals surface area contributed by atoms with Gasteiger partial charge in [0.05, 0.1) is 6.10 Å². The molecule has 6 heteroatoms. The van der Waals surface area contributed by atoms with Crippen molar-refractivity contribution in [3.63, 3.8) is 0 Å². The molecular formula is C22H27NO5. The predicted octanol–water partition coefficient (Wildman–Crippen LogP) is 3.03. The molecule has 1 aromatic carbocycles. The van der Waals surface area contributed by atoms with Gasteiger partial charge in [-0.2, -0.15) is 0 Å². The summed E-state index contributed by atoms with van der Waals surface area (Å²) in [4.78, 5) is 26.8. The van der Waals surface area contributed by atoms with Crippen LogP contribution < -0.4 is 10.4 Å². The Balaban J connectivity index is 1.54. The molecule has 1 N–H and O–H groups in total. The van der Waals surface area contributed by atoms with E-state index in [1.165, 1.54) is 6.07 Å². The molecular weight excluding hydrogens is 358 g/mol. The molecule has 1 amide bonds. The van der Waals surface area contributed by atoms with E-state index in [1.807, 2.05) is 24.0 Å². The number of ether oxygens (including phenoxy) is 1. The number of carbonyl (C=O) groups is 1. The first kappa shape index (κ1) is 19.0. The second kappa shape index (κ2) is 7.59. The SMILES string of the molecule is CCc1cc(=O)oc2cc(OC(C)C(=O)N3[C@@H]4CCC[C@H]3CC(O)C4)ccc12. The van der Waals surface area contributed by atoms with E-state index in [4.69, 9.17) is 9.15 Å². The number of benzene rings is 1. The molecule has 3 heterocycles. The molecule has 2 bridgehead atoms. The average Bonchev–Trinajstić information content (AvgIpc) is 2.65. The van der Waals surface area contributed by atoms with Gasteiger partial charge in [0.15, 0.2) is 6.10 Å². The lowest BCUT2D eigenvalue weighted by molar-refractivity contribution is -0.150. The number of hydrogen-bond acceptors (Lipinski definition) is 5. The molecule has 28 heavy (non-hydrogen) atoms. The van der Waals surface area contributed by atoms with E-state index in [0.29, 0.717) is 24.2 Å². The highest BCUT2D eigenvalue weighted by Crippen LogP contribution is 2.35. The number of rotatable bonds is 4. The fourth-order valence-electron chi connectivity index (χ4n) is 4.75. The van der Waals surface area contributed by atoms with Crippen molar-refractivity contribution >= 4 is 16.9 Å². The molecule has 4 atom stereocenters. The van der Waals surface area contributed by atoms with E-state index >= 15 is 0 Å². The maximum atomic E-state index is 13.1. The van der Waals surface area contributed by atoms with Crippen molar-refractivity contribution in [1.29, 1.82) is 0 Å². The normalized spacial score (nSPS) is 25.5. The second-order valence-electron chi connectivity index (χ2n) is 7.97. The summed E-state index contributed by atoms with van der Waals surface area (Å²) in [5.41, 5.74) is 1.02. The van der Waals surface area contributed by atoms with Crippen LogP contribution in [0.4, 0.5) is 0 Å². The number of aliphatic hydroxyl groups is 1. The van der Waals surface area contributed by atoms with Gasteiger partial charge in [0.25, 0.3) is 5.91 Å². The summed E-state index contributed by atoms with van der Waals surface area (Å²) < 4.78 is 11.2. The molecule has 6 nitrogen and oxygen atoms in total. The predicted molar refractivity (Wildman–Crippen MR) is 105 cm³/mol. The molecule has 2 saturated heterocycles. The molecule has 0 spiro atoms. The third kappa shape index (κ3) is 3.53. The highest BCUT2D eigenvalue weighted by molar-refractivity contribution is 5.83. The molecule has 2 aliphatic heterocycles. The van der Waals surface area contributed by atoms with Crippen molar-refractivity contribution in [1.82, 2.24) is 4.90 Å². The first-order chi connectivity index (χ1) is 13.5. The van der Waals surface area contributed by atoms with Crippen LogP contribution in [0.1, 0.15) is 51.5 Å². The lowest BCUT2D eigenvalue weighted by Gasteiger charge is -2.48. The quantitative estimate of drug-likeness (QED) is 0.819. The van der Waals surface area contributed by atoms with Gasteiger partial charge in [0.2, 0.25) is 0 Å².